The Bertz CT molecular complexity index is 396. The molecule has 1 heterocycles. The quantitative estimate of drug-likeness (QED) is 0.831. The van der Waals surface area contributed by atoms with Crippen LogP contribution in [0, 0.1) is 5.92 Å². The van der Waals surface area contributed by atoms with Crippen molar-refractivity contribution in [1.29, 1.82) is 0 Å². The van der Waals surface area contributed by atoms with Crippen LogP contribution in [0.1, 0.15) is 63.6 Å². The summed E-state index contributed by atoms with van der Waals surface area (Å²) in [4.78, 5) is 0. The number of rotatable bonds is 7. The van der Waals surface area contributed by atoms with Gasteiger partial charge in [-0.3, -0.25) is 4.68 Å². The summed E-state index contributed by atoms with van der Waals surface area (Å²) >= 11 is 0. The molecular formula is C16H29N3O. The third-order valence-corrected chi connectivity index (χ3v) is 4.54. The summed E-state index contributed by atoms with van der Waals surface area (Å²) in [7, 11) is 3.73. The van der Waals surface area contributed by atoms with Crippen LogP contribution >= 0.6 is 0 Å². The van der Waals surface area contributed by atoms with Crippen molar-refractivity contribution in [3.05, 3.63) is 11.9 Å². The zero-order valence-electron chi connectivity index (χ0n) is 13.2. The van der Waals surface area contributed by atoms with Gasteiger partial charge in [-0.25, -0.2) is 0 Å². The van der Waals surface area contributed by atoms with Crippen LogP contribution < -0.4 is 10.1 Å². The van der Waals surface area contributed by atoms with Gasteiger partial charge in [0, 0.05) is 7.05 Å². The highest BCUT2D eigenvalue weighted by Gasteiger charge is 2.22. The van der Waals surface area contributed by atoms with Gasteiger partial charge < -0.3 is 10.1 Å². The first-order valence-electron chi connectivity index (χ1n) is 8.05. The molecule has 4 nitrogen and oxygen atoms in total. The molecule has 0 amide bonds. The van der Waals surface area contributed by atoms with Gasteiger partial charge >= 0.3 is 0 Å². The average molecular weight is 279 g/mol. The number of nitrogens with zero attached hydrogens (tertiary/aromatic N) is 2. The topological polar surface area (TPSA) is 39.1 Å². The number of nitrogens with one attached hydrogen (secondary N) is 1. The molecular weight excluding hydrogens is 250 g/mol. The first-order chi connectivity index (χ1) is 9.76. The number of aromatic nitrogens is 2. The Morgan fingerprint density at radius 2 is 2.15 bits per heavy atom. The van der Waals surface area contributed by atoms with Gasteiger partial charge in [0.25, 0.3) is 0 Å². The molecule has 1 saturated carbocycles. The molecule has 0 aromatic carbocycles. The Hall–Kier alpha value is -1.03. The molecule has 0 bridgehead atoms. The van der Waals surface area contributed by atoms with Crippen molar-refractivity contribution < 1.29 is 4.74 Å². The van der Waals surface area contributed by atoms with Crippen molar-refractivity contribution in [2.45, 2.75) is 57.9 Å². The van der Waals surface area contributed by atoms with Gasteiger partial charge in [-0.1, -0.05) is 39.0 Å². The zero-order valence-corrected chi connectivity index (χ0v) is 13.2. The number of aryl methyl sites for hydroxylation is 1. The van der Waals surface area contributed by atoms with Crippen molar-refractivity contribution in [1.82, 2.24) is 15.1 Å². The van der Waals surface area contributed by atoms with E-state index in [-0.39, 0.29) is 0 Å². The Balaban J connectivity index is 2.00. The summed E-state index contributed by atoms with van der Waals surface area (Å²) in [6.45, 7) is 3.14. The fourth-order valence-corrected chi connectivity index (χ4v) is 3.44. The monoisotopic (exact) mass is 279 g/mol. The minimum Gasteiger partial charge on any atom is -0.493 e. The second-order valence-corrected chi connectivity index (χ2v) is 5.91. The molecule has 0 aliphatic heterocycles. The smallest absolute Gasteiger partial charge is 0.161 e. The first kappa shape index (κ1) is 15.4. The molecule has 1 aliphatic carbocycles. The molecule has 1 aromatic heterocycles. The molecule has 4 heteroatoms. The Kier molecular flexibility index (Phi) is 5.89. The van der Waals surface area contributed by atoms with Crippen LogP contribution in [0.15, 0.2) is 6.20 Å². The van der Waals surface area contributed by atoms with E-state index in [1.54, 1.807) is 7.11 Å². The predicted molar refractivity (Wildman–Crippen MR) is 82.0 cm³/mol. The molecule has 0 spiro atoms. The van der Waals surface area contributed by atoms with Gasteiger partial charge in [-0.15, -0.1) is 0 Å². The van der Waals surface area contributed by atoms with Gasteiger partial charge in [0.05, 0.1) is 25.0 Å². The van der Waals surface area contributed by atoms with Crippen LogP contribution in [0.3, 0.4) is 0 Å². The summed E-state index contributed by atoms with van der Waals surface area (Å²) in [6.07, 6.45) is 11.4. The van der Waals surface area contributed by atoms with Gasteiger partial charge in [0.1, 0.15) is 0 Å². The van der Waals surface area contributed by atoms with Crippen LogP contribution in [-0.2, 0) is 7.05 Å². The second kappa shape index (κ2) is 7.67. The molecule has 1 aliphatic rings. The molecule has 1 aromatic rings. The summed E-state index contributed by atoms with van der Waals surface area (Å²) in [5, 5.41) is 7.94. The van der Waals surface area contributed by atoms with Crippen molar-refractivity contribution in [3.8, 4) is 5.75 Å². The van der Waals surface area contributed by atoms with Gasteiger partial charge in [-0.05, 0) is 25.3 Å². The van der Waals surface area contributed by atoms with E-state index >= 15 is 0 Å². The molecule has 1 unspecified atom stereocenters. The molecule has 1 atom stereocenters. The summed E-state index contributed by atoms with van der Waals surface area (Å²) in [5.74, 6) is 1.83. The summed E-state index contributed by atoms with van der Waals surface area (Å²) in [5.41, 5.74) is 1.19. The highest BCUT2D eigenvalue weighted by molar-refractivity contribution is 5.28. The Morgan fingerprint density at radius 1 is 1.40 bits per heavy atom. The van der Waals surface area contributed by atoms with Gasteiger partial charge in [0.15, 0.2) is 5.75 Å². The zero-order chi connectivity index (χ0) is 14.4. The lowest BCUT2D eigenvalue weighted by atomic mass is 9.85. The molecule has 2 rings (SSSR count). The van der Waals surface area contributed by atoms with Crippen LogP contribution in [0.5, 0.6) is 5.75 Å². The molecule has 1 N–H and O–H groups in total. The van der Waals surface area contributed by atoms with E-state index in [0.717, 1.165) is 18.2 Å². The average Bonchev–Trinajstić information content (AvgIpc) is 2.85. The Morgan fingerprint density at radius 3 is 2.80 bits per heavy atom. The van der Waals surface area contributed by atoms with E-state index in [1.165, 1.54) is 50.6 Å². The van der Waals surface area contributed by atoms with Gasteiger partial charge in [0.2, 0.25) is 0 Å². The third-order valence-electron chi connectivity index (χ3n) is 4.54. The van der Waals surface area contributed by atoms with Crippen molar-refractivity contribution in [3.63, 3.8) is 0 Å². The van der Waals surface area contributed by atoms with E-state index in [4.69, 9.17) is 4.74 Å². The maximum Gasteiger partial charge on any atom is 0.161 e. The number of hydrogen-bond acceptors (Lipinski definition) is 3. The molecule has 0 radical (unpaired) electrons. The van der Waals surface area contributed by atoms with Crippen LogP contribution in [0.25, 0.3) is 0 Å². The SMILES string of the molecule is CCNC(CCC1CCCCC1)c1c(OC)cnn1C. The predicted octanol–water partition coefficient (Wildman–Crippen LogP) is 3.44. The normalized spacial score (nSPS) is 18.1. The molecule has 114 valence electrons. The summed E-state index contributed by atoms with van der Waals surface area (Å²) < 4.78 is 7.41. The maximum atomic E-state index is 5.46. The second-order valence-electron chi connectivity index (χ2n) is 5.91. The van der Waals surface area contributed by atoms with E-state index in [0.29, 0.717) is 6.04 Å². The van der Waals surface area contributed by atoms with Crippen LogP contribution in [0.4, 0.5) is 0 Å². The van der Waals surface area contributed by atoms with E-state index < -0.39 is 0 Å². The highest BCUT2D eigenvalue weighted by Crippen LogP contribution is 2.32. The fraction of sp³-hybridized carbons (Fsp3) is 0.812. The standard InChI is InChI=1S/C16H29N3O/c1-4-17-14(11-10-13-8-6-5-7-9-13)16-15(20-3)12-18-19(16)2/h12-14,17H,4-11H2,1-3H3. The fourth-order valence-electron chi connectivity index (χ4n) is 3.44. The minimum absolute atomic E-state index is 0.351. The molecule has 0 saturated heterocycles. The highest BCUT2D eigenvalue weighted by atomic mass is 16.5. The number of hydrogen-bond donors (Lipinski definition) is 1. The minimum atomic E-state index is 0.351. The van der Waals surface area contributed by atoms with E-state index in [2.05, 4.69) is 17.3 Å². The lowest BCUT2D eigenvalue weighted by Crippen LogP contribution is -2.24. The third kappa shape index (κ3) is 3.75. The number of ether oxygens (including phenoxy) is 1. The van der Waals surface area contributed by atoms with Crippen molar-refractivity contribution >= 4 is 0 Å². The molecule has 1 fully saturated rings. The lowest BCUT2D eigenvalue weighted by Gasteiger charge is -2.25. The maximum absolute atomic E-state index is 5.46. The Labute approximate surface area is 122 Å². The summed E-state index contributed by atoms with van der Waals surface area (Å²) in [6, 6.07) is 0.351. The van der Waals surface area contributed by atoms with Gasteiger partial charge in [-0.2, -0.15) is 5.10 Å². The number of methoxy groups -OCH3 is 1. The van der Waals surface area contributed by atoms with Crippen molar-refractivity contribution in [2.75, 3.05) is 13.7 Å². The van der Waals surface area contributed by atoms with E-state index in [1.807, 2.05) is 17.9 Å². The first-order valence-corrected chi connectivity index (χ1v) is 8.05. The molecule has 20 heavy (non-hydrogen) atoms. The van der Waals surface area contributed by atoms with Crippen LogP contribution in [0.2, 0.25) is 0 Å². The van der Waals surface area contributed by atoms with E-state index in [9.17, 15) is 0 Å². The largest absolute Gasteiger partial charge is 0.493 e. The van der Waals surface area contributed by atoms with Crippen molar-refractivity contribution in [2.24, 2.45) is 13.0 Å². The van der Waals surface area contributed by atoms with Crippen LogP contribution in [-0.4, -0.2) is 23.4 Å². The lowest BCUT2D eigenvalue weighted by molar-refractivity contribution is 0.308.